The molecule has 0 unspecified atom stereocenters. The quantitative estimate of drug-likeness (QED) is 0.664. The standard InChI is InChI=1S/C10H20N2S/c1-3-7-11-9(13)12-8-10(4-2)5-6-10/h3-8H2,1-2H3,(H2,11,12,13). The van der Waals surface area contributed by atoms with Crippen LogP contribution in [0, 0.1) is 5.41 Å². The zero-order valence-corrected chi connectivity index (χ0v) is 9.47. The predicted molar refractivity (Wildman–Crippen MR) is 60.9 cm³/mol. The van der Waals surface area contributed by atoms with E-state index < -0.39 is 0 Å². The number of nitrogens with one attached hydrogen (secondary N) is 2. The van der Waals surface area contributed by atoms with Crippen LogP contribution >= 0.6 is 12.2 Å². The van der Waals surface area contributed by atoms with Crippen molar-refractivity contribution in [3.05, 3.63) is 0 Å². The van der Waals surface area contributed by atoms with Crippen molar-refractivity contribution >= 4 is 17.3 Å². The van der Waals surface area contributed by atoms with Gasteiger partial charge in [-0.25, -0.2) is 0 Å². The first-order valence-electron chi connectivity index (χ1n) is 5.24. The SMILES string of the molecule is CCCNC(=S)NCC1(CC)CC1. The first kappa shape index (κ1) is 10.8. The summed E-state index contributed by atoms with van der Waals surface area (Å²) in [7, 11) is 0. The van der Waals surface area contributed by atoms with Crippen LogP contribution in [0.15, 0.2) is 0 Å². The Morgan fingerprint density at radius 3 is 2.46 bits per heavy atom. The molecule has 1 aliphatic rings. The summed E-state index contributed by atoms with van der Waals surface area (Å²) >= 11 is 5.14. The number of hydrogen-bond acceptors (Lipinski definition) is 1. The van der Waals surface area contributed by atoms with Crippen LogP contribution in [0.3, 0.4) is 0 Å². The minimum absolute atomic E-state index is 0.581. The van der Waals surface area contributed by atoms with Gasteiger partial charge in [0.25, 0.3) is 0 Å². The van der Waals surface area contributed by atoms with Crippen molar-refractivity contribution < 1.29 is 0 Å². The Labute approximate surface area is 86.5 Å². The van der Waals surface area contributed by atoms with E-state index in [1.54, 1.807) is 0 Å². The number of hydrogen-bond donors (Lipinski definition) is 2. The van der Waals surface area contributed by atoms with Gasteiger partial charge in [-0.15, -0.1) is 0 Å². The molecular formula is C10H20N2S. The lowest BCUT2D eigenvalue weighted by molar-refractivity contribution is 0.480. The van der Waals surface area contributed by atoms with Gasteiger partial charge in [0.1, 0.15) is 0 Å². The second-order valence-corrected chi connectivity index (χ2v) is 4.37. The molecule has 1 saturated carbocycles. The van der Waals surface area contributed by atoms with Gasteiger partial charge in [0, 0.05) is 13.1 Å². The van der Waals surface area contributed by atoms with Crippen LogP contribution < -0.4 is 10.6 Å². The zero-order valence-electron chi connectivity index (χ0n) is 8.65. The zero-order chi connectivity index (χ0) is 9.73. The van der Waals surface area contributed by atoms with Gasteiger partial charge in [0.15, 0.2) is 5.11 Å². The average Bonchev–Trinajstić information content (AvgIpc) is 2.92. The summed E-state index contributed by atoms with van der Waals surface area (Å²) in [5.74, 6) is 0. The third-order valence-corrected chi connectivity index (χ3v) is 3.16. The van der Waals surface area contributed by atoms with Gasteiger partial charge in [-0.05, 0) is 43.3 Å². The van der Waals surface area contributed by atoms with Gasteiger partial charge in [-0.1, -0.05) is 13.8 Å². The fourth-order valence-corrected chi connectivity index (χ4v) is 1.58. The first-order chi connectivity index (χ1) is 6.22. The van der Waals surface area contributed by atoms with Crippen molar-refractivity contribution in [2.24, 2.45) is 5.41 Å². The number of thiocarbonyl (C=S) groups is 1. The van der Waals surface area contributed by atoms with Crippen molar-refractivity contribution in [3.63, 3.8) is 0 Å². The smallest absolute Gasteiger partial charge is 0.166 e. The van der Waals surface area contributed by atoms with Crippen LogP contribution in [0.5, 0.6) is 0 Å². The molecule has 76 valence electrons. The molecular weight excluding hydrogens is 180 g/mol. The van der Waals surface area contributed by atoms with Crippen LogP contribution in [0.1, 0.15) is 39.5 Å². The Balaban J connectivity index is 2.08. The second-order valence-electron chi connectivity index (χ2n) is 3.96. The highest BCUT2D eigenvalue weighted by Gasteiger charge is 2.40. The van der Waals surface area contributed by atoms with Crippen molar-refractivity contribution in [2.75, 3.05) is 13.1 Å². The molecule has 1 fully saturated rings. The van der Waals surface area contributed by atoms with E-state index in [1.165, 1.54) is 19.3 Å². The third kappa shape index (κ3) is 3.51. The summed E-state index contributed by atoms with van der Waals surface area (Å²) in [6.45, 7) is 6.44. The van der Waals surface area contributed by atoms with E-state index in [0.717, 1.165) is 24.6 Å². The first-order valence-corrected chi connectivity index (χ1v) is 5.65. The van der Waals surface area contributed by atoms with Gasteiger partial charge < -0.3 is 10.6 Å². The molecule has 0 atom stereocenters. The van der Waals surface area contributed by atoms with Gasteiger partial charge in [-0.3, -0.25) is 0 Å². The van der Waals surface area contributed by atoms with Crippen LogP contribution in [0.2, 0.25) is 0 Å². The van der Waals surface area contributed by atoms with Gasteiger partial charge in [-0.2, -0.15) is 0 Å². The summed E-state index contributed by atoms with van der Waals surface area (Å²) in [5, 5.41) is 7.29. The third-order valence-electron chi connectivity index (χ3n) is 2.87. The van der Waals surface area contributed by atoms with Crippen LogP contribution in [0.25, 0.3) is 0 Å². The van der Waals surface area contributed by atoms with Crippen molar-refractivity contribution in [2.45, 2.75) is 39.5 Å². The molecule has 0 aromatic heterocycles. The molecule has 0 aromatic carbocycles. The normalized spacial score (nSPS) is 18.0. The highest BCUT2D eigenvalue weighted by molar-refractivity contribution is 7.80. The predicted octanol–water partition coefficient (Wildman–Crippen LogP) is 2.05. The van der Waals surface area contributed by atoms with E-state index >= 15 is 0 Å². The van der Waals surface area contributed by atoms with E-state index in [9.17, 15) is 0 Å². The maximum Gasteiger partial charge on any atom is 0.166 e. The maximum atomic E-state index is 5.14. The molecule has 1 aliphatic carbocycles. The molecule has 0 bridgehead atoms. The summed E-state index contributed by atoms with van der Waals surface area (Å²) < 4.78 is 0. The summed E-state index contributed by atoms with van der Waals surface area (Å²) in [4.78, 5) is 0. The molecule has 1 rings (SSSR count). The Bertz CT molecular complexity index is 176. The fraction of sp³-hybridized carbons (Fsp3) is 0.900. The average molecular weight is 200 g/mol. The molecule has 0 aliphatic heterocycles. The topological polar surface area (TPSA) is 24.1 Å². The van der Waals surface area contributed by atoms with Crippen molar-refractivity contribution in [1.82, 2.24) is 10.6 Å². The lowest BCUT2D eigenvalue weighted by atomic mass is 10.0. The van der Waals surface area contributed by atoms with Gasteiger partial charge >= 0.3 is 0 Å². The lowest BCUT2D eigenvalue weighted by Crippen LogP contribution is -2.38. The van der Waals surface area contributed by atoms with Gasteiger partial charge in [0.05, 0.1) is 0 Å². The molecule has 0 heterocycles. The summed E-state index contributed by atoms with van der Waals surface area (Å²) in [6, 6.07) is 0. The van der Waals surface area contributed by atoms with E-state index in [4.69, 9.17) is 12.2 Å². The molecule has 0 radical (unpaired) electrons. The Kier molecular flexibility index (Phi) is 3.97. The second kappa shape index (κ2) is 4.80. The minimum Gasteiger partial charge on any atom is -0.363 e. The van der Waals surface area contributed by atoms with E-state index in [0.29, 0.717) is 5.41 Å². The molecule has 0 amide bonds. The van der Waals surface area contributed by atoms with Crippen LogP contribution in [-0.2, 0) is 0 Å². The maximum absolute atomic E-state index is 5.14. The largest absolute Gasteiger partial charge is 0.363 e. The van der Waals surface area contributed by atoms with Gasteiger partial charge in [0.2, 0.25) is 0 Å². The molecule has 0 aromatic rings. The highest BCUT2D eigenvalue weighted by atomic mass is 32.1. The molecule has 2 N–H and O–H groups in total. The van der Waals surface area contributed by atoms with Crippen molar-refractivity contribution in [1.29, 1.82) is 0 Å². The Hall–Kier alpha value is -0.310. The molecule has 0 spiro atoms. The molecule has 2 nitrogen and oxygen atoms in total. The monoisotopic (exact) mass is 200 g/mol. The number of rotatable bonds is 5. The molecule has 3 heteroatoms. The van der Waals surface area contributed by atoms with Crippen molar-refractivity contribution in [3.8, 4) is 0 Å². The Morgan fingerprint density at radius 1 is 1.31 bits per heavy atom. The highest BCUT2D eigenvalue weighted by Crippen LogP contribution is 2.47. The summed E-state index contributed by atoms with van der Waals surface area (Å²) in [6.07, 6.45) is 5.14. The lowest BCUT2D eigenvalue weighted by Gasteiger charge is -2.15. The van der Waals surface area contributed by atoms with Crippen LogP contribution in [-0.4, -0.2) is 18.2 Å². The minimum atomic E-state index is 0.581. The van der Waals surface area contributed by atoms with E-state index in [2.05, 4.69) is 24.5 Å². The molecule has 13 heavy (non-hydrogen) atoms. The summed E-state index contributed by atoms with van der Waals surface area (Å²) in [5.41, 5.74) is 0.581. The fourth-order valence-electron chi connectivity index (χ4n) is 1.40. The van der Waals surface area contributed by atoms with Crippen LogP contribution in [0.4, 0.5) is 0 Å². The van der Waals surface area contributed by atoms with E-state index in [-0.39, 0.29) is 0 Å². The van der Waals surface area contributed by atoms with E-state index in [1.807, 2.05) is 0 Å². The Morgan fingerprint density at radius 2 is 2.00 bits per heavy atom. The molecule has 0 saturated heterocycles.